The van der Waals surface area contributed by atoms with E-state index in [1.54, 1.807) is 6.07 Å². The van der Waals surface area contributed by atoms with E-state index in [-0.39, 0.29) is 12.0 Å². The van der Waals surface area contributed by atoms with E-state index in [4.69, 9.17) is 22.1 Å². The zero-order valence-corrected chi connectivity index (χ0v) is 8.80. The van der Waals surface area contributed by atoms with Gasteiger partial charge in [-0.3, -0.25) is 0 Å². The zero-order valence-electron chi connectivity index (χ0n) is 8.05. The van der Waals surface area contributed by atoms with Gasteiger partial charge in [-0.05, 0) is 0 Å². The maximum Gasteiger partial charge on any atom is 0.573 e. The third-order valence-corrected chi connectivity index (χ3v) is 2.05. The SMILES string of the molecule is N#CCc1cnc(C#N)c(OC(F)(F)F)c1Cl. The van der Waals surface area contributed by atoms with Crippen LogP contribution in [0.1, 0.15) is 11.3 Å². The summed E-state index contributed by atoms with van der Waals surface area (Å²) in [4.78, 5) is 3.44. The Hall–Kier alpha value is -1.99. The van der Waals surface area contributed by atoms with Crippen molar-refractivity contribution in [3.8, 4) is 17.9 Å². The van der Waals surface area contributed by atoms with Crippen molar-refractivity contribution in [2.24, 2.45) is 0 Å². The Morgan fingerprint density at radius 2 is 2.06 bits per heavy atom. The predicted molar refractivity (Wildman–Crippen MR) is 50.0 cm³/mol. The van der Waals surface area contributed by atoms with E-state index in [1.807, 2.05) is 0 Å². The predicted octanol–water partition coefficient (Wildman–Crippen LogP) is 2.57. The minimum absolute atomic E-state index is 0.0624. The first-order valence-corrected chi connectivity index (χ1v) is 4.47. The highest BCUT2D eigenvalue weighted by atomic mass is 35.5. The summed E-state index contributed by atoms with van der Waals surface area (Å²) < 4.78 is 39.8. The molecule has 0 amide bonds. The third-order valence-electron chi connectivity index (χ3n) is 1.64. The van der Waals surface area contributed by atoms with Crippen LogP contribution in [0.3, 0.4) is 0 Å². The van der Waals surface area contributed by atoms with Crippen LogP contribution in [-0.2, 0) is 6.42 Å². The van der Waals surface area contributed by atoms with Gasteiger partial charge in [0, 0.05) is 11.8 Å². The standard InChI is InChI=1S/C9H3ClF3N3O/c10-7-5(1-2-14)4-16-6(3-15)8(7)17-9(11,12)13/h4H,1H2. The number of pyridine rings is 1. The summed E-state index contributed by atoms with van der Waals surface area (Å²) in [6.45, 7) is 0. The maximum atomic E-state index is 12.1. The second kappa shape index (κ2) is 4.89. The van der Waals surface area contributed by atoms with E-state index < -0.39 is 22.8 Å². The monoisotopic (exact) mass is 261 g/mol. The fourth-order valence-corrected chi connectivity index (χ4v) is 1.25. The maximum absolute atomic E-state index is 12.1. The second-order valence-electron chi connectivity index (χ2n) is 2.77. The lowest BCUT2D eigenvalue weighted by Crippen LogP contribution is -2.18. The van der Waals surface area contributed by atoms with Crippen LogP contribution in [0.25, 0.3) is 0 Å². The van der Waals surface area contributed by atoms with E-state index in [0.29, 0.717) is 0 Å². The lowest BCUT2D eigenvalue weighted by Gasteiger charge is -2.12. The van der Waals surface area contributed by atoms with Gasteiger partial charge in [-0.15, -0.1) is 13.2 Å². The van der Waals surface area contributed by atoms with Crippen molar-refractivity contribution in [3.63, 3.8) is 0 Å². The van der Waals surface area contributed by atoms with Crippen LogP contribution < -0.4 is 4.74 Å². The van der Waals surface area contributed by atoms with Crippen molar-refractivity contribution >= 4 is 11.6 Å². The molecule has 0 spiro atoms. The molecule has 88 valence electrons. The highest BCUT2D eigenvalue weighted by molar-refractivity contribution is 6.33. The van der Waals surface area contributed by atoms with Gasteiger partial charge in [-0.1, -0.05) is 11.6 Å². The molecule has 0 fully saturated rings. The minimum atomic E-state index is -4.98. The zero-order chi connectivity index (χ0) is 13.1. The van der Waals surface area contributed by atoms with Crippen molar-refractivity contribution in [2.75, 3.05) is 0 Å². The highest BCUT2D eigenvalue weighted by Crippen LogP contribution is 2.34. The summed E-state index contributed by atoms with van der Waals surface area (Å²) in [7, 11) is 0. The Balaban J connectivity index is 3.30. The number of nitrogens with zero attached hydrogens (tertiary/aromatic N) is 3. The lowest BCUT2D eigenvalue weighted by atomic mass is 10.2. The van der Waals surface area contributed by atoms with Crippen LogP contribution >= 0.6 is 11.6 Å². The van der Waals surface area contributed by atoms with Crippen LogP contribution in [0.4, 0.5) is 13.2 Å². The number of halogens is 4. The Morgan fingerprint density at radius 3 is 2.53 bits per heavy atom. The van der Waals surface area contributed by atoms with Gasteiger partial charge in [0.2, 0.25) is 0 Å². The molecule has 0 N–H and O–H groups in total. The molecule has 1 rings (SSSR count). The molecule has 0 aliphatic carbocycles. The fraction of sp³-hybridized carbons (Fsp3) is 0.222. The van der Waals surface area contributed by atoms with Gasteiger partial charge in [0.1, 0.15) is 6.07 Å². The van der Waals surface area contributed by atoms with Gasteiger partial charge >= 0.3 is 6.36 Å². The van der Waals surface area contributed by atoms with E-state index >= 15 is 0 Å². The summed E-state index contributed by atoms with van der Waals surface area (Å²) in [6, 6.07) is 3.13. The minimum Gasteiger partial charge on any atom is -0.401 e. The Labute approximate surface area is 98.8 Å². The van der Waals surface area contributed by atoms with E-state index in [9.17, 15) is 13.2 Å². The summed E-state index contributed by atoms with van der Waals surface area (Å²) >= 11 is 5.61. The van der Waals surface area contributed by atoms with Gasteiger partial charge < -0.3 is 4.74 Å². The molecule has 1 aromatic heterocycles. The first-order chi connectivity index (χ1) is 7.89. The van der Waals surface area contributed by atoms with Crippen LogP contribution in [0.5, 0.6) is 5.75 Å². The van der Waals surface area contributed by atoms with Gasteiger partial charge in [0.25, 0.3) is 0 Å². The number of ether oxygens (including phenoxy) is 1. The molecule has 0 aromatic carbocycles. The Bertz CT molecular complexity index is 516. The van der Waals surface area contributed by atoms with E-state index in [1.165, 1.54) is 6.07 Å². The molecule has 0 saturated carbocycles. The molecule has 0 aliphatic heterocycles. The number of hydrogen-bond donors (Lipinski definition) is 0. The fourth-order valence-electron chi connectivity index (χ4n) is 1.00. The van der Waals surface area contributed by atoms with E-state index in [2.05, 4.69) is 9.72 Å². The molecule has 1 heterocycles. The first-order valence-electron chi connectivity index (χ1n) is 4.09. The molecule has 0 radical (unpaired) electrons. The quantitative estimate of drug-likeness (QED) is 0.820. The summed E-state index contributed by atoms with van der Waals surface area (Å²) in [5.74, 6) is -0.880. The summed E-state index contributed by atoms with van der Waals surface area (Å²) in [5, 5.41) is 16.6. The van der Waals surface area contributed by atoms with Gasteiger partial charge in [0.05, 0.1) is 17.5 Å². The molecule has 17 heavy (non-hydrogen) atoms. The number of aromatic nitrogens is 1. The van der Waals surface area contributed by atoms with Crippen LogP contribution in [-0.4, -0.2) is 11.3 Å². The topological polar surface area (TPSA) is 69.7 Å². The summed E-state index contributed by atoms with van der Waals surface area (Å²) in [5.41, 5.74) is -0.526. The Kier molecular flexibility index (Phi) is 3.77. The number of nitriles is 2. The average Bonchev–Trinajstić information content (AvgIpc) is 2.23. The normalized spacial score (nSPS) is 10.5. The molecule has 8 heteroatoms. The smallest absolute Gasteiger partial charge is 0.401 e. The molecular weight excluding hydrogens is 259 g/mol. The van der Waals surface area contributed by atoms with Crippen molar-refractivity contribution in [1.29, 1.82) is 10.5 Å². The molecule has 0 unspecified atom stereocenters. The number of hydrogen-bond acceptors (Lipinski definition) is 4. The highest BCUT2D eigenvalue weighted by Gasteiger charge is 2.34. The van der Waals surface area contributed by atoms with Gasteiger partial charge in [0.15, 0.2) is 11.4 Å². The molecule has 0 bridgehead atoms. The summed E-state index contributed by atoms with van der Waals surface area (Å²) in [6.07, 6.45) is -4.15. The molecule has 0 aliphatic rings. The van der Waals surface area contributed by atoms with Crippen molar-refractivity contribution in [1.82, 2.24) is 4.98 Å². The van der Waals surface area contributed by atoms with Gasteiger partial charge in [-0.2, -0.15) is 10.5 Å². The van der Waals surface area contributed by atoms with Crippen molar-refractivity contribution < 1.29 is 17.9 Å². The lowest BCUT2D eigenvalue weighted by molar-refractivity contribution is -0.274. The molecule has 0 atom stereocenters. The van der Waals surface area contributed by atoms with Gasteiger partial charge in [-0.25, -0.2) is 4.98 Å². The molecular formula is C9H3ClF3N3O. The number of rotatable bonds is 2. The van der Waals surface area contributed by atoms with Crippen molar-refractivity contribution in [3.05, 3.63) is 22.5 Å². The Morgan fingerprint density at radius 1 is 1.41 bits per heavy atom. The van der Waals surface area contributed by atoms with Crippen LogP contribution in [0, 0.1) is 22.7 Å². The van der Waals surface area contributed by atoms with E-state index in [0.717, 1.165) is 6.20 Å². The second-order valence-corrected chi connectivity index (χ2v) is 3.15. The first kappa shape index (κ1) is 13.1. The molecule has 1 aromatic rings. The molecule has 4 nitrogen and oxygen atoms in total. The third kappa shape index (κ3) is 3.23. The average molecular weight is 262 g/mol. The van der Waals surface area contributed by atoms with Crippen molar-refractivity contribution in [2.45, 2.75) is 12.8 Å². The number of alkyl halides is 3. The largest absolute Gasteiger partial charge is 0.573 e. The molecule has 0 saturated heterocycles. The van der Waals surface area contributed by atoms with Crippen LogP contribution in [0.2, 0.25) is 5.02 Å². The van der Waals surface area contributed by atoms with Crippen LogP contribution in [0.15, 0.2) is 6.20 Å².